The van der Waals surface area contributed by atoms with Crippen molar-refractivity contribution in [1.29, 1.82) is 0 Å². The second kappa shape index (κ2) is 6.97. The van der Waals surface area contributed by atoms with E-state index in [2.05, 4.69) is 38.1 Å². The summed E-state index contributed by atoms with van der Waals surface area (Å²) in [5.74, 6) is 1.35. The smallest absolute Gasteiger partial charge is 0.125 e. The number of rotatable bonds is 5. The average Bonchev–Trinajstić information content (AvgIpc) is 2.46. The van der Waals surface area contributed by atoms with Crippen molar-refractivity contribution in [3.63, 3.8) is 0 Å². The summed E-state index contributed by atoms with van der Waals surface area (Å²) in [6.45, 7) is 4.43. The van der Waals surface area contributed by atoms with E-state index in [-0.39, 0.29) is 6.04 Å². The Labute approximate surface area is 131 Å². The van der Waals surface area contributed by atoms with Crippen LogP contribution in [0.3, 0.4) is 0 Å². The molecule has 0 fully saturated rings. The summed E-state index contributed by atoms with van der Waals surface area (Å²) in [5, 5.41) is 0.649. The first-order valence-corrected chi connectivity index (χ1v) is 7.57. The van der Waals surface area contributed by atoms with Gasteiger partial charge in [0.2, 0.25) is 0 Å². The van der Waals surface area contributed by atoms with E-state index in [0.717, 1.165) is 23.3 Å². The molecule has 0 aromatic heterocycles. The predicted octanol–water partition coefficient (Wildman–Crippen LogP) is 4.60. The van der Waals surface area contributed by atoms with E-state index in [9.17, 15) is 0 Å². The number of halogens is 1. The van der Waals surface area contributed by atoms with Crippen LogP contribution >= 0.6 is 11.6 Å². The van der Waals surface area contributed by atoms with Gasteiger partial charge in [-0.1, -0.05) is 55.8 Å². The lowest BCUT2D eigenvalue weighted by Crippen LogP contribution is -2.13. The third-order valence-corrected chi connectivity index (χ3v) is 3.72. The highest BCUT2D eigenvalue weighted by Crippen LogP contribution is 2.31. The molecule has 2 nitrogen and oxygen atoms in total. The number of methoxy groups -OCH3 is 1. The van der Waals surface area contributed by atoms with Gasteiger partial charge in [-0.2, -0.15) is 0 Å². The molecular formula is C18H22ClNO. The standard InChI is InChI=1S/C18H22ClNO/c1-12(2)9-13-5-4-6-14(10-13)18(20)16-8-7-15(19)11-17(16)21-3/h4-8,10-12,18H,9,20H2,1-3H3. The Balaban J connectivity index is 2.33. The minimum atomic E-state index is -0.218. The van der Waals surface area contributed by atoms with Crippen LogP contribution in [0.25, 0.3) is 0 Å². The molecule has 0 aliphatic rings. The van der Waals surface area contributed by atoms with Gasteiger partial charge >= 0.3 is 0 Å². The summed E-state index contributed by atoms with van der Waals surface area (Å²) in [5.41, 5.74) is 9.77. The SMILES string of the molecule is COc1cc(Cl)ccc1C(N)c1cccc(CC(C)C)c1. The van der Waals surface area contributed by atoms with Gasteiger partial charge in [-0.05, 0) is 35.6 Å². The molecule has 21 heavy (non-hydrogen) atoms. The number of hydrogen-bond donors (Lipinski definition) is 1. The highest BCUT2D eigenvalue weighted by Gasteiger charge is 2.15. The Kier molecular flexibility index (Phi) is 5.27. The number of hydrogen-bond acceptors (Lipinski definition) is 2. The van der Waals surface area contributed by atoms with E-state index < -0.39 is 0 Å². The lowest BCUT2D eigenvalue weighted by molar-refractivity contribution is 0.408. The monoisotopic (exact) mass is 303 g/mol. The highest BCUT2D eigenvalue weighted by atomic mass is 35.5. The van der Waals surface area contributed by atoms with Crippen LogP contribution in [-0.4, -0.2) is 7.11 Å². The molecule has 3 heteroatoms. The fourth-order valence-corrected chi connectivity index (χ4v) is 2.67. The minimum Gasteiger partial charge on any atom is -0.496 e. The molecule has 0 radical (unpaired) electrons. The van der Waals surface area contributed by atoms with Gasteiger partial charge < -0.3 is 10.5 Å². The fourth-order valence-electron chi connectivity index (χ4n) is 2.51. The van der Waals surface area contributed by atoms with Crippen molar-refractivity contribution >= 4 is 11.6 Å². The quantitative estimate of drug-likeness (QED) is 0.876. The van der Waals surface area contributed by atoms with E-state index in [4.69, 9.17) is 22.1 Å². The van der Waals surface area contributed by atoms with Gasteiger partial charge in [0.25, 0.3) is 0 Å². The Hall–Kier alpha value is -1.51. The van der Waals surface area contributed by atoms with E-state index in [0.29, 0.717) is 10.9 Å². The molecule has 0 bridgehead atoms. The highest BCUT2D eigenvalue weighted by molar-refractivity contribution is 6.30. The van der Waals surface area contributed by atoms with E-state index >= 15 is 0 Å². The summed E-state index contributed by atoms with van der Waals surface area (Å²) >= 11 is 6.01. The predicted molar refractivity (Wildman–Crippen MR) is 89.0 cm³/mol. The van der Waals surface area contributed by atoms with Crippen molar-refractivity contribution in [2.45, 2.75) is 26.3 Å². The molecule has 0 amide bonds. The van der Waals surface area contributed by atoms with Crippen molar-refractivity contribution in [2.75, 3.05) is 7.11 Å². The molecule has 2 rings (SSSR count). The van der Waals surface area contributed by atoms with E-state index in [1.54, 1.807) is 13.2 Å². The maximum absolute atomic E-state index is 6.42. The molecule has 2 aromatic rings. The largest absolute Gasteiger partial charge is 0.496 e. The summed E-state index contributed by atoms with van der Waals surface area (Å²) in [7, 11) is 1.64. The molecule has 112 valence electrons. The molecule has 0 saturated heterocycles. The third-order valence-electron chi connectivity index (χ3n) is 3.48. The molecule has 2 aromatic carbocycles. The van der Waals surface area contributed by atoms with E-state index in [1.807, 2.05) is 12.1 Å². The first-order valence-electron chi connectivity index (χ1n) is 7.19. The van der Waals surface area contributed by atoms with Crippen molar-refractivity contribution < 1.29 is 4.74 Å². The second-order valence-corrected chi connectivity index (χ2v) is 6.14. The normalized spacial score (nSPS) is 12.5. The molecule has 2 N–H and O–H groups in total. The first-order chi connectivity index (χ1) is 10.0. The zero-order valence-electron chi connectivity index (χ0n) is 12.8. The fraction of sp³-hybridized carbons (Fsp3) is 0.333. The van der Waals surface area contributed by atoms with Gasteiger partial charge in [0.05, 0.1) is 13.2 Å². The van der Waals surface area contributed by atoms with Crippen LogP contribution in [0.1, 0.15) is 36.6 Å². The summed E-state index contributed by atoms with van der Waals surface area (Å²) in [4.78, 5) is 0. The molecule has 1 atom stereocenters. The average molecular weight is 304 g/mol. The molecule has 0 aliphatic heterocycles. The molecule has 0 aliphatic carbocycles. The van der Waals surface area contributed by atoms with Gasteiger partial charge in [-0.25, -0.2) is 0 Å². The van der Waals surface area contributed by atoms with Crippen molar-refractivity contribution in [2.24, 2.45) is 11.7 Å². The lowest BCUT2D eigenvalue weighted by Gasteiger charge is -2.17. The molecule has 0 heterocycles. The van der Waals surface area contributed by atoms with Crippen LogP contribution < -0.4 is 10.5 Å². The summed E-state index contributed by atoms with van der Waals surface area (Å²) < 4.78 is 5.40. The van der Waals surface area contributed by atoms with Gasteiger partial charge in [0.15, 0.2) is 0 Å². The Morgan fingerprint density at radius 1 is 1.14 bits per heavy atom. The number of benzene rings is 2. The van der Waals surface area contributed by atoms with Crippen LogP contribution in [-0.2, 0) is 6.42 Å². The van der Waals surface area contributed by atoms with Gasteiger partial charge in [0.1, 0.15) is 5.75 Å². The third kappa shape index (κ3) is 3.99. The molecular weight excluding hydrogens is 282 g/mol. The second-order valence-electron chi connectivity index (χ2n) is 5.71. The lowest BCUT2D eigenvalue weighted by atomic mass is 9.94. The van der Waals surface area contributed by atoms with Gasteiger partial charge in [0, 0.05) is 10.6 Å². The number of ether oxygens (including phenoxy) is 1. The number of nitrogens with two attached hydrogens (primary N) is 1. The molecule has 1 unspecified atom stereocenters. The first kappa shape index (κ1) is 15.9. The Bertz CT molecular complexity index is 610. The van der Waals surface area contributed by atoms with Gasteiger partial charge in [-0.3, -0.25) is 0 Å². The van der Waals surface area contributed by atoms with E-state index in [1.165, 1.54) is 5.56 Å². The van der Waals surface area contributed by atoms with Crippen LogP contribution in [0, 0.1) is 5.92 Å². The minimum absolute atomic E-state index is 0.218. The van der Waals surface area contributed by atoms with Crippen LogP contribution in [0.5, 0.6) is 5.75 Å². The maximum atomic E-state index is 6.42. The van der Waals surface area contributed by atoms with Crippen molar-refractivity contribution in [3.8, 4) is 5.75 Å². The molecule has 0 saturated carbocycles. The van der Waals surface area contributed by atoms with Crippen LogP contribution in [0.15, 0.2) is 42.5 Å². The Morgan fingerprint density at radius 2 is 1.90 bits per heavy atom. The zero-order chi connectivity index (χ0) is 15.4. The van der Waals surface area contributed by atoms with Gasteiger partial charge in [-0.15, -0.1) is 0 Å². The zero-order valence-corrected chi connectivity index (χ0v) is 13.5. The Morgan fingerprint density at radius 3 is 2.57 bits per heavy atom. The maximum Gasteiger partial charge on any atom is 0.125 e. The topological polar surface area (TPSA) is 35.2 Å². The van der Waals surface area contributed by atoms with Crippen LogP contribution in [0.2, 0.25) is 5.02 Å². The van der Waals surface area contributed by atoms with Crippen molar-refractivity contribution in [3.05, 3.63) is 64.2 Å². The molecule has 0 spiro atoms. The van der Waals surface area contributed by atoms with Crippen molar-refractivity contribution in [1.82, 2.24) is 0 Å². The summed E-state index contributed by atoms with van der Waals surface area (Å²) in [6, 6.07) is 13.8. The summed E-state index contributed by atoms with van der Waals surface area (Å²) in [6.07, 6.45) is 1.05. The van der Waals surface area contributed by atoms with Crippen LogP contribution in [0.4, 0.5) is 0 Å².